The van der Waals surface area contributed by atoms with Crippen LogP contribution in [0.2, 0.25) is 0 Å². The summed E-state index contributed by atoms with van der Waals surface area (Å²) >= 11 is 0. The Morgan fingerprint density at radius 1 is 1.26 bits per heavy atom. The molecule has 6 nitrogen and oxygen atoms in total. The maximum atomic E-state index is 11.5. The van der Waals surface area contributed by atoms with Gasteiger partial charge in [0.05, 0.1) is 19.2 Å². The highest BCUT2D eigenvalue weighted by Crippen LogP contribution is 2.26. The Kier molecular flexibility index (Phi) is 4.32. The van der Waals surface area contributed by atoms with E-state index in [4.69, 9.17) is 9.72 Å². The Labute approximate surface area is 157 Å². The highest BCUT2D eigenvalue weighted by atomic mass is 16.5. The second kappa shape index (κ2) is 6.79. The van der Waals surface area contributed by atoms with Crippen LogP contribution in [0.15, 0.2) is 58.8 Å². The van der Waals surface area contributed by atoms with Gasteiger partial charge in [-0.05, 0) is 42.3 Å². The summed E-state index contributed by atoms with van der Waals surface area (Å²) in [6.45, 7) is 3.48. The van der Waals surface area contributed by atoms with Crippen molar-refractivity contribution in [3.63, 3.8) is 0 Å². The van der Waals surface area contributed by atoms with E-state index in [1.165, 1.54) is 7.11 Å². The molecule has 1 unspecified atom stereocenters. The van der Waals surface area contributed by atoms with Gasteiger partial charge in [-0.2, -0.15) is 0 Å². The van der Waals surface area contributed by atoms with E-state index >= 15 is 0 Å². The molecule has 0 N–H and O–H groups in total. The summed E-state index contributed by atoms with van der Waals surface area (Å²) in [5, 5.41) is 1.09. The average molecular weight is 360 g/mol. The van der Waals surface area contributed by atoms with E-state index in [9.17, 15) is 4.79 Å². The molecule has 3 aromatic rings. The van der Waals surface area contributed by atoms with Crippen LogP contribution in [0.1, 0.15) is 28.4 Å². The first kappa shape index (κ1) is 17.1. The van der Waals surface area contributed by atoms with Crippen LogP contribution >= 0.6 is 0 Å². The molecule has 0 radical (unpaired) electrons. The van der Waals surface area contributed by atoms with Gasteiger partial charge in [-0.3, -0.25) is 4.99 Å². The lowest BCUT2D eigenvalue weighted by Gasteiger charge is -2.24. The molecule has 0 bridgehead atoms. The van der Waals surface area contributed by atoms with Crippen molar-refractivity contribution in [3.05, 3.63) is 65.5 Å². The van der Waals surface area contributed by atoms with Gasteiger partial charge in [0, 0.05) is 36.0 Å². The molecule has 0 amide bonds. The van der Waals surface area contributed by atoms with Gasteiger partial charge in [0.25, 0.3) is 0 Å². The van der Waals surface area contributed by atoms with E-state index in [2.05, 4.69) is 33.6 Å². The number of hydrogen-bond donors (Lipinski definition) is 0. The van der Waals surface area contributed by atoms with Crippen molar-refractivity contribution in [2.24, 2.45) is 9.98 Å². The minimum atomic E-state index is -0.328. The predicted molar refractivity (Wildman–Crippen MR) is 106 cm³/mol. The van der Waals surface area contributed by atoms with Gasteiger partial charge in [-0.25, -0.2) is 14.8 Å². The van der Waals surface area contributed by atoms with E-state index in [0.717, 1.165) is 22.2 Å². The molecule has 136 valence electrons. The summed E-state index contributed by atoms with van der Waals surface area (Å²) in [5.74, 6) is -0.328. The predicted octanol–water partition coefficient (Wildman–Crippen LogP) is 3.24. The van der Waals surface area contributed by atoms with E-state index in [1.807, 2.05) is 30.7 Å². The number of fused-ring (bicyclic) bond motifs is 1. The molecule has 6 heteroatoms. The summed E-state index contributed by atoms with van der Waals surface area (Å²) in [6.07, 6.45) is 7.47. The van der Waals surface area contributed by atoms with Crippen LogP contribution in [0.5, 0.6) is 0 Å². The van der Waals surface area contributed by atoms with Crippen LogP contribution < -0.4 is 0 Å². The minimum Gasteiger partial charge on any atom is -0.465 e. The van der Waals surface area contributed by atoms with Crippen molar-refractivity contribution in [1.29, 1.82) is 0 Å². The monoisotopic (exact) mass is 360 g/mol. The third-order valence-electron chi connectivity index (χ3n) is 4.92. The number of carbonyl (C=O) groups is 1. The number of pyridine rings is 1. The normalized spacial score (nSPS) is 18.7. The van der Waals surface area contributed by atoms with E-state index in [1.54, 1.807) is 18.5 Å². The van der Waals surface area contributed by atoms with Crippen LogP contribution in [0.3, 0.4) is 0 Å². The first-order valence-electron chi connectivity index (χ1n) is 8.74. The first-order valence-corrected chi connectivity index (χ1v) is 8.74. The maximum Gasteiger partial charge on any atom is 0.337 e. The topological polar surface area (TPSA) is 68.8 Å². The van der Waals surface area contributed by atoms with E-state index < -0.39 is 0 Å². The summed E-state index contributed by atoms with van der Waals surface area (Å²) in [4.78, 5) is 24.7. The average Bonchev–Trinajstić information content (AvgIpc) is 3.10. The Morgan fingerprint density at radius 3 is 2.78 bits per heavy atom. The molecular weight excluding hydrogens is 340 g/mol. The fourth-order valence-corrected chi connectivity index (χ4v) is 3.26. The largest absolute Gasteiger partial charge is 0.465 e. The number of benzene rings is 1. The molecule has 0 fully saturated rings. The Balaban J connectivity index is 1.59. The smallest absolute Gasteiger partial charge is 0.337 e. The van der Waals surface area contributed by atoms with Gasteiger partial charge in [0.1, 0.15) is 12.0 Å². The lowest BCUT2D eigenvalue weighted by Crippen LogP contribution is -2.29. The van der Waals surface area contributed by atoms with Crippen molar-refractivity contribution in [2.75, 3.05) is 13.7 Å². The fourth-order valence-electron chi connectivity index (χ4n) is 3.26. The number of nitrogens with zero attached hydrogens (tertiary/aromatic N) is 4. The quantitative estimate of drug-likeness (QED) is 0.671. The molecule has 1 aromatic carbocycles. The molecule has 3 heterocycles. The van der Waals surface area contributed by atoms with Gasteiger partial charge < -0.3 is 9.30 Å². The van der Waals surface area contributed by atoms with Crippen molar-refractivity contribution in [1.82, 2.24) is 9.55 Å². The molecule has 1 aliphatic heterocycles. The zero-order valence-corrected chi connectivity index (χ0v) is 15.3. The highest BCUT2D eigenvalue weighted by molar-refractivity contribution is 5.89. The number of aromatic nitrogens is 2. The first-order chi connectivity index (χ1) is 13.1. The minimum absolute atomic E-state index is 0.220. The third kappa shape index (κ3) is 3.26. The molecular formula is C21H20N4O2. The Bertz CT molecular complexity index is 1050. The molecule has 2 aromatic heterocycles. The number of methoxy groups -OCH3 is 1. The maximum absolute atomic E-state index is 11.5. The van der Waals surface area contributed by atoms with Gasteiger partial charge in [-0.15, -0.1) is 0 Å². The van der Waals surface area contributed by atoms with E-state index in [0.29, 0.717) is 18.7 Å². The van der Waals surface area contributed by atoms with Crippen molar-refractivity contribution < 1.29 is 9.53 Å². The number of esters is 1. The zero-order valence-electron chi connectivity index (χ0n) is 15.3. The number of carbonyl (C=O) groups excluding carboxylic acids is 1. The molecule has 1 aliphatic rings. The third-order valence-corrected chi connectivity index (χ3v) is 4.92. The molecule has 1 atom stereocenters. The number of rotatable bonds is 4. The van der Waals surface area contributed by atoms with Gasteiger partial charge in [0.2, 0.25) is 0 Å². The van der Waals surface area contributed by atoms with Crippen molar-refractivity contribution in [2.45, 2.75) is 18.9 Å². The SMILES string of the molecule is COC(=O)c1ccc(Cn2ccc3cc(C4(C)C=NC=NC4)cnc32)cc1. The number of aliphatic imine (C=N–C) groups is 2. The van der Waals surface area contributed by atoms with Crippen LogP contribution in [0, 0.1) is 0 Å². The van der Waals surface area contributed by atoms with Gasteiger partial charge in [0.15, 0.2) is 0 Å². The van der Waals surface area contributed by atoms with Crippen molar-refractivity contribution >= 4 is 29.6 Å². The van der Waals surface area contributed by atoms with Crippen LogP contribution in [-0.2, 0) is 16.7 Å². The molecule has 27 heavy (non-hydrogen) atoms. The van der Waals surface area contributed by atoms with Crippen LogP contribution in [-0.4, -0.2) is 41.7 Å². The lowest BCUT2D eigenvalue weighted by molar-refractivity contribution is 0.0600. The number of hydrogen-bond acceptors (Lipinski definition) is 5. The molecule has 0 saturated carbocycles. The fraction of sp³-hybridized carbons (Fsp3) is 0.238. The second-order valence-electron chi connectivity index (χ2n) is 6.92. The number of ether oxygens (including phenoxy) is 1. The van der Waals surface area contributed by atoms with Crippen molar-refractivity contribution in [3.8, 4) is 0 Å². The second-order valence-corrected chi connectivity index (χ2v) is 6.92. The zero-order chi connectivity index (χ0) is 18.9. The molecule has 0 spiro atoms. The molecule has 0 aliphatic carbocycles. The summed E-state index contributed by atoms with van der Waals surface area (Å²) < 4.78 is 6.84. The standard InChI is InChI=1S/C21H20N4O2/c1-21(12-22-14-23-13-21)18-9-17-7-8-25(19(17)24-10-18)11-15-3-5-16(6-4-15)20(26)27-2/h3-10,12,14H,11,13H2,1-2H3. The lowest BCUT2D eigenvalue weighted by atomic mass is 9.84. The van der Waals surface area contributed by atoms with E-state index in [-0.39, 0.29) is 11.4 Å². The Hall–Kier alpha value is -3.28. The van der Waals surface area contributed by atoms with Gasteiger partial charge >= 0.3 is 5.97 Å². The highest BCUT2D eigenvalue weighted by Gasteiger charge is 2.26. The molecule has 4 rings (SSSR count). The van der Waals surface area contributed by atoms with Crippen LogP contribution in [0.4, 0.5) is 0 Å². The van der Waals surface area contributed by atoms with Gasteiger partial charge in [-0.1, -0.05) is 12.1 Å². The molecule has 0 saturated heterocycles. The summed E-state index contributed by atoms with van der Waals surface area (Å²) in [5.41, 5.74) is 3.45. The Morgan fingerprint density at radius 2 is 2.07 bits per heavy atom. The summed E-state index contributed by atoms with van der Waals surface area (Å²) in [6, 6.07) is 11.7. The summed E-state index contributed by atoms with van der Waals surface area (Å²) in [7, 11) is 1.38. The van der Waals surface area contributed by atoms with Crippen LogP contribution in [0.25, 0.3) is 11.0 Å².